The first kappa shape index (κ1) is 30.7. The normalized spacial score (nSPS) is 11.6. The van der Waals surface area contributed by atoms with Gasteiger partial charge in [0.15, 0.2) is 5.78 Å². The summed E-state index contributed by atoms with van der Waals surface area (Å²) in [6.07, 6.45) is -1.66. The number of alkyl carbamates (subject to hydrolysis) is 1. The monoisotopic (exact) mass is 578 g/mol. The second-order valence-electron chi connectivity index (χ2n) is 10.1. The summed E-state index contributed by atoms with van der Waals surface area (Å²) in [6, 6.07) is 36.8. The maximum atomic E-state index is 13.7. The minimum absolute atomic E-state index is 0.00303. The predicted molar refractivity (Wildman–Crippen MR) is 162 cm³/mol. The quantitative estimate of drug-likeness (QED) is 0.167. The molecule has 0 aliphatic rings. The molecule has 0 aliphatic heterocycles. The second-order valence-corrected chi connectivity index (χ2v) is 10.1. The molecule has 0 aliphatic carbocycles. The Kier molecular flexibility index (Phi) is 10.8. The van der Waals surface area contributed by atoms with E-state index in [1.54, 1.807) is 12.1 Å². The van der Waals surface area contributed by atoms with Crippen molar-refractivity contribution in [1.29, 1.82) is 0 Å². The minimum atomic E-state index is -1.13. The SMILES string of the molecule is O=C(O)CCC(=O)[C@H](CCC(=O)NC(c1ccccc1)(c1ccccc1)c1ccccc1)NC(=O)OCc1ccccc1. The number of amides is 2. The number of ether oxygens (including phenoxy) is 1. The van der Waals surface area contributed by atoms with E-state index in [0.717, 1.165) is 22.3 Å². The van der Waals surface area contributed by atoms with Crippen LogP contribution < -0.4 is 10.6 Å². The van der Waals surface area contributed by atoms with Crippen molar-refractivity contribution in [3.63, 3.8) is 0 Å². The van der Waals surface area contributed by atoms with Gasteiger partial charge in [-0.2, -0.15) is 0 Å². The van der Waals surface area contributed by atoms with Gasteiger partial charge < -0.3 is 20.5 Å². The Balaban J connectivity index is 1.55. The third-order valence-electron chi connectivity index (χ3n) is 7.09. The molecule has 4 aromatic rings. The fraction of sp³-hybridized carbons (Fsp3) is 0.200. The molecule has 2 amide bonds. The largest absolute Gasteiger partial charge is 0.481 e. The molecule has 0 aromatic heterocycles. The molecule has 8 heteroatoms. The Labute approximate surface area is 250 Å². The summed E-state index contributed by atoms with van der Waals surface area (Å²) in [7, 11) is 0. The van der Waals surface area contributed by atoms with E-state index in [-0.39, 0.29) is 38.2 Å². The standard InChI is InChI=1S/C35H34N2O6/c38-31(22-24-33(40)41)30(36-34(42)43-25-26-13-5-1-6-14-26)21-23-32(39)37-35(27-15-7-2-8-16-27,28-17-9-3-10-18-28)29-19-11-4-12-20-29/h1-20,30H,21-25H2,(H,36,42)(H,37,39)(H,40,41)/t30-/m0/s1. The Morgan fingerprint density at radius 2 is 1.12 bits per heavy atom. The van der Waals surface area contributed by atoms with Crippen molar-refractivity contribution in [3.8, 4) is 0 Å². The zero-order valence-corrected chi connectivity index (χ0v) is 23.6. The summed E-state index contributed by atoms with van der Waals surface area (Å²) >= 11 is 0. The third kappa shape index (κ3) is 8.39. The van der Waals surface area contributed by atoms with Gasteiger partial charge in [-0.15, -0.1) is 0 Å². The van der Waals surface area contributed by atoms with Gasteiger partial charge in [-0.05, 0) is 28.7 Å². The van der Waals surface area contributed by atoms with Crippen molar-refractivity contribution >= 4 is 23.8 Å². The molecule has 0 heterocycles. The number of aliphatic carboxylic acids is 1. The van der Waals surface area contributed by atoms with Crippen LogP contribution in [0.3, 0.4) is 0 Å². The molecule has 0 radical (unpaired) electrons. The average Bonchev–Trinajstić information content (AvgIpc) is 3.05. The van der Waals surface area contributed by atoms with Gasteiger partial charge in [0.05, 0.1) is 12.5 Å². The van der Waals surface area contributed by atoms with Gasteiger partial charge in [-0.25, -0.2) is 4.79 Å². The van der Waals surface area contributed by atoms with Gasteiger partial charge in [-0.1, -0.05) is 121 Å². The van der Waals surface area contributed by atoms with Crippen LogP contribution in [0.5, 0.6) is 0 Å². The van der Waals surface area contributed by atoms with Crippen molar-refractivity contribution in [2.24, 2.45) is 0 Å². The lowest BCUT2D eigenvalue weighted by Gasteiger charge is -2.37. The van der Waals surface area contributed by atoms with E-state index in [4.69, 9.17) is 9.84 Å². The average molecular weight is 579 g/mol. The highest BCUT2D eigenvalue weighted by Crippen LogP contribution is 2.37. The second kappa shape index (κ2) is 15.1. The molecule has 220 valence electrons. The Hall–Kier alpha value is -5.24. The van der Waals surface area contributed by atoms with E-state index in [1.165, 1.54) is 0 Å². The number of carbonyl (C=O) groups excluding carboxylic acids is 3. The lowest BCUT2D eigenvalue weighted by atomic mass is 9.77. The molecule has 8 nitrogen and oxygen atoms in total. The van der Waals surface area contributed by atoms with Crippen LogP contribution in [0.1, 0.15) is 47.9 Å². The zero-order valence-electron chi connectivity index (χ0n) is 23.6. The zero-order chi connectivity index (χ0) is 30.5. The number of hydrogen-bond acceptors (Lipinski definition) is 5. The highest BCUT2D eigenvalue weighted by molar-refractivity contribution is 5.90. The number of hydrogen-bond donors (Lipinski definition) is 3. The van der Waals surface area contributed by atoms with E-state index in [9.17, 15) is 19.2 Å². The van der Waals surface area contributed by atoms with E-state index >= 15 is 0 Å². The number of ketones is 1. The number of benzene rings is 4. The Bertz CT molecular complexity index is 1400. The fourth-order valence-corrected chi connectivity index (χ4v) is 4.95. The number of nitrogens with one attached hydrogen (secondary N) is 2. The smallest absolute Gasteiger partial charge is 0.408 e. The van der Waals surface area contributed by atoms with Crippen molar-refractivity contribution < 1.29 is 29.0 Å². The molecule has 0 unspecified atom stereocenters. The van der Waals surface area contributed by atoms with Crippen LogP contribution in [0.4, 0.5) is 4.79 Å². The van der Waals surface area contributed by atoms with Crippen LogP contribution in [-0.4, -0.2) is 34.9 Å². The molecule has 0 fully saturated rings. The third-order valence-corrected chi connectivity index (χ3v) is 7.09. The van der Waals surface area contributed by atoms with Crippen LogP contribution in [0, 0.1) is 0 Å². The molecule has 43 heavy (non-hydrogen) atoms. The molecule has 1 atom stereocenters. The lowest BCUT2D eigenvalue weighted by molar-refractivity contribution is -0.138. The topological polar surface area (TPSA) is 122 Å². The summed E-state index contributed by atoms with van der Waals surface area (Å²) in [4.78, 5) is 50.4. The molecule has 0 bridgehead atoms. The van der Waals surface area contributed by atoms with Gasteiger partial charge in [-0.3, -0.25) is 14.4 Å². The highest BCUT2D eigenvalue weighted by atomic mass is 16.5. The van der Waals surface area contributed by atoms with Gasteiger partial charge in [0.2, 0.25) is 5.91 Å². The predicted octanol–water partition coefficient (Wildman–Crippen LogP) is 5.60. The summed E-state index contributed by atoms with van der Waals surface area (Å²) in [5, 5.41) is 14.9. The highest BCUT2D eigenvalue weighted by Gasteiger charge is 2.38. The summed E-state index contributed by atoms with van der Waals surface area (Å²) in [6.45, 7) is -0.00303. The Morgan fingerprint density at radius 1 is 0.651 bits per heavy atom. The van der Waals surface area contributed by atoms with Gasteiger partial charge in [0.25, 0.3) is 0 Å². The number of carbonyl (C=O) groups is 4. The van der Waals surface area contributed by atoms with Crippen molar-refractivity contribution in [2.45, 2.75) is 43.9 Å². The van der Waals surface area contributed by atoms with E-state index in [2.05, 4.69) is 10.6 Å². The van der Waals surface area contributed by atoms with Gasteiger partial charge >= 0.3 is 12.1 Å². The number of carboxylic acids is 1. The van der Waals surface area contributed by atoms with Gasteiger partial charge in [0.1, 0.15) is 12.1 Å². The summed E-state index contributed by atoms with van der Waals surface area (Å²) in [5.41, 5.74) is 2.27. The molecular weight excluding hydrogens is 544 g/mol. The molecule has 4 aromatic carbocycles. The molecule has 3 N–H and O–H groups in total. The van der Waals surface area contributed by atoms with E-state index < -0.39 is 29.4 Å². The van der Waals surface area contributed by atoms with Crippen LogP contribution in [-0.2, 0) is 31.3 Å². The first-order valence-electron chi connectivity index (χ1n) is 14.1. The Morgan fingerprint density at radius 3 is 1.58 bits per heavy atom. The maximum absolute atomic E-state index is 13.7. The first-order chi connectivity index (χ1) is 20.9. The van der Waals surface area contributed by atoms with Crippen LogP contribution in [0.2, 0.25) is 0 Å². The number of Topliss-reactive ketones (excluding diaryl/α,β-unsaturated/α-hetero) is 1. The molecule has 4 rings (SSSR count). The van der Waals surface area contributed by atoms with Gasteiger partial charge in [0, 0.05) is 12.8 Å². The fourth-order valence-electron chi connectivity index (χ4n) is 4.95. The number of carboxylic acid groups (broad SMARTS) is 1. The van der Waals surface area contributed by atoms with Crippen LogP contribution in [0.15, 0.2) is 121 Å². The maximum Gasteiger partial charge on any atom is 0.408 e. The van der Waals surface area contributed by atoms with E-state index in [1.807, 2.05) is 109 Å². The van der Waals surface area contributed by atoms with Crippen molar-refractivity contribution in [1.82, 2.24) is 10.6 Å². The molecule has 0 spiro atoms. The van der Waals surface area contributed by atoms with Crippen LogP contribution in [0.25, 0.3) is 0 Å². The number of rotatable bonds is 14. The molecule has 0 saturated carbocycles. The van der Waals surface area contributed by atoms with Crippen LogP contribution >= 0.6 is 0 Å². The minimum Gasteiger partial charge on any atom is -0.481 e. The molecular formula is C35H34N2O6. The summed E-state index contributed by atoms with van der Waals surface area (Å²) in [5.74, 6) is -1.98. The lowest BCUT2D eigenvalue weighted by Crippen LogP contribution is -2.48. The molecule has 0 saturated heterocycles. The first-order valence-corrected chi connectivity index (χ1v) is 14.1. The van der Waals surface area contributed by atoms with Crippen molar-refractivity contribution in [2.75, 3.05) is 0 Å². The van der Waals surface area contributed by atoms with Crippen molar-refractivity contribution in [3.05, 3.63) is 144 Å². The summed E-state index contributed by atoms with van der Waals surface area (Å²) < 4.78 is 5.28. The van der Waals surface area contributed by atoms with E-state index in [0.29, 0.717) is 0 Å².